The first kappa shape index (κ1) is 15.6. The highest BCUT2D eigenvalue weighted by molar-refractivity contribution is 5.76. The lowest BCUT2D eigenvalue weighted by molar-refractivity contribution is -0.133. The van der Waals surface area contributed by atoms with Gasteiger partial charge in [0.15, 0.2) is 5.82 Å². The van der Waals surface area contributed by atoms with Crippen LogP contribution in [0.3, 0.4) is 0 Å². The van der Waals surface area contributed by atoms with E-state index < -0.39 is 0 Å². The van der Waals surface area contributed by atoms with Gasteiger partial charge >= 0.3 is 0 Å². The molecule has 0 bridgehead atoms. The van der Waals surface area contributed by atoms with Crippen LogP contribution >= 0.6 is 0 Å². The zero-order valence-corrected chi connectivity index (χ0v) is 13.4. The summed E-state index contributed by atoms with van der Waals surface area (Å²) in [5, 5.41) is 14.9. The summed E-state index contributed by atoms with van der Waals surface area (Å²) < 4.78 is 6.85. The minimum absolute atomic E-state index is 0.00339. The van der Waals surface area contributed by atoms with Crippen LogP contribution in [0.2, 0.25) is 0 Å². The molecule has 2 atom stereocenters. The lowest BCUT2D eigenvalue weighted by Crippen LogP contribution is -2.41. The molecule has 1 fully saturated rings. The van der Waals surface area contributed by atoms with E-state index in [0.29, 0.717) is 12.4 Å². The second-order valence-electron chi connectivity index (χ2n) is 5.99. The topological polar surface area (TPSA) is 103 Å². The van der Waals surface area contributed by atoms with Crippen LogP contribution in [-0.2, 0) is 11.3 Å². The molecule has 9 heteroatoms. The van der Waals surface area contributed by atoms with Gasteiger partial charge in [-0.1, -0.05) is 19.0 Å². The van der Waals surface area contributed by atoms with Gasteiger partial charge in [0, 0.05) is 19.0 Å². The summed E-state index contributed by atoms with van der Waals surface area (Å²) in [5.41, 5.74) is 0. The second-order valence-corrected chi connectivity index (χ2v) is 5.99. The van der Waals surface area contributed by atoms with Crippen molar-refractivity contribution < 1.29 is 9.32 Å². The summed E-state index contributed by atoms with van der Waals surface area (Å²) >= 11 is 0. The fourth-order valence-corrected chi connectivity index (χ4v) is 2.69. The highest BCUT2D eigenvalue weighted by Gasteiger charge is 2.29. The molecule has 0 N–H and O–H groups in total. The number of tetrazole rings is 1. The molecule has 124 valence electrons. The van der Waals surface area contributed by atoms with Crippen molar-refractivity contribution in [3.05, 3.63) is 18.0 Å². The van der Waals surface area contributed by atoms with Crippen molar-refractivity contribution >= 4 is 5.91 Å². The zero-order valence-electron chi connectivity index (χ0n) is 13.4. The number of aromatic nitrogens is 6. The Kier molecular flexibility index (Phi) is 4.63. The fourth-order valence-electron chi connectivity index (χ4n) is 2.69. The van der Waals surface area contributed by atoms with Crippen LogP contribution in [0.25, 0.3) is 0 Å². The first-order valence-electron chi connectivity index (χ1n) is 7.99. The average Bonchev–Trinajstić information content (AvgIpc) is 3.26. The number of piperidine rings is 1. The monoisotopic (exact) mass is 319 g/mol. The Hall–Kier alpha value is -2.32. The minimum atomic E-state index is 0.00339. The number of amides is 1. The van der Waals surface area contributed by atoms with E-state index in [9.17, 15) is 4.79 Å². The molecule has 0 aromatic carbocycles. The number of rotatable bonds is 5. The van der Waals surface area contributed by atoms with Crippen molar-refractivity contribution in [2.45, 2.75) is 51.5 Å². The summed E-state index contributed by atoms with van der Waals surface area (Å²) in [6, 6.07) is 0. The van der Waals surface area contributed by atoms with E-state index in [4.69, 9.17) is 4.52 Å². The fraction of sp³-hybridized carbons (Fsp3) is 0.714. The molecule has 0 saturated carbocycles. The number of carbonyl (C=O) groups excluding carboxylic acids is 1. The lowest BCUT2D eigenvalue weighted by Gasteiger charge is -2.30. The third-order valence-electron chi connectivity index (χ3n) is 4.32. The van der Waals surface area contributed by atoms with Crippen molar-refractivity contribution in [3.63, 3.8) is 0 Å². The Morgan fingerprint density at radius 3 is 3.13 bits per heavy atom. The first-order valence-corrected chi connectivity index (χ1v) is 7.99. The lowest BCUT2D eigenvalue weighted by atomic mass is 9.98. The van der Waals surface area contributed by atoms with Gasteiger partial charge in [0.25, 0.3) is 0 Å². The van der Waals surface area contributed by atoms with Crippen molar-refractivity contribution in [2.24, 2.45) is 0 Å². The molecule has 1 aliphatic rings. The number of likely N-dealkylation sites (tertiary alicyclic amines) is 1. The predicted molar refractivity (Wildman–Crippen MR) is 79.4 cm³/mol. The highest BCUT2D eigenvalue weighted by atomic mass is 16.5. The minimum Gasteiger partial charge on any atom is -0.340 e. The van der Waals surface area contributed by atoms with Crippen LogP contribution in [0.4, 0.5) is 0 Å². The number of carbonyl (C=O) groups is 1. The van der Waals surface area contributed by atoms with E-state index in [0.717, 1.165) is 31.6 Å². The Morgan fingerprint density at radius 2 is 2.39 bits per heavy atom. The summed E-state index contributed by atoms with van der Waals surface area (Å²) in [5.74, 6) is 1.78. The molecule has 1 saturated heterocycles. The molecule has 0 unspecified atom stereocenters. The summed E-state index contributed by atoms with van der Waals surface area (Å²) in [6.45, 7) is 5.67. The molecule has 2 aromatic heterocycles. The summed E-state index contributed by atoms with van der Waals surface area (Å²) in [6.07, 6.45) is 4.29. The van der Waals surface area contributed by atoms with E-state index in [-0.39, 0.29) is 24.3 Å². The maximum absolute atomic E-state index is 12.3. The quantitative estimate of drug-likeness (QED) is 0.809. The molecular weight excluding hydrogens is 298 g/mol. The third-order valence-corrected chi connectivity index (χ3v) is 4.32. The molecule has 23 heavy (non-hydrogen) atoms. The van der Waals surface area contributed by atoms with E-state index in [1.807, 2.05) is 4.90 Å². The maximum atomic E-state index is 12.3. The Morgan fingerprint density at radius 1 is 1.52 bits per heavy atom. The standard InChI is InChI=1S/C14H21N7O2/c1-3-10(2)13-16-14(23-17-13)11-5-4-6-20(7-11)12(22)8-21-9-15-18-19-21/h9-11H,3-8H2,1-2H3/t10-,11-/m0/s1. The second kappa shape index (κ2) is 6.84. The van der Waals surface area contributed by atoms with Gasteiger partial charge in [-0.3, -0.25) is 4.79 Å². The van der Waals surface area contributed by atoms with E-state index in [2.05, 4.69) is 39.5 Å². The normalized spacial score (nSPS) is 19.7. The molecule has 2 aromatic rings. The maximum Gasteiger partial charge on any atom is 0.244 e. The van der Waals surface area contributed by atoms with Crippen molar-refractivity contribution in [3.8, 4) is 0 Å². The smallest absolute Gasteiger partial charge is 0.244 e. The summed E-state index contributed by atoms with van der Waals surface area (Å²) in [7, 11) is 0. The van der Waals surface area contributed by atoms with Gasteiger partial charge in [0.2, 0.25) is 11.8 Å². The molecular formula is C14H21N7O2. The van der Waals surface area contributed by atoms with E-state index >= 15 is 0 Å². The van der Waals surface area contributed by atoms with Crippen LogP contribution in [-0.4, -0.2) is 54.2 Å². The van der Waals surface area contributed by atoms with Gasteiger partial charge in [-0.2, -0.15) is 4.98 Å². The third kappa shape index (κ3) is 3.54. The van der Waals surface area contributed by atoms with Crippen LogP contribution in [0.5, 0.6) is 0 Å². The molecule has 9 nitrogen and oxygen atoms in total. The van der Waals surface area contributed by atoms with Gasteiger partial charge in [0.1, 0.15) is 12.9 Å². The van der Waals surface area contributed by atoms with E-state index in [1.54, 1.807) is 0 Å². The predicted octanol–water partition coefficient (Wildman–Crippen LogP) is 0.976. The van der Waals surface area contributed by atoms with Gasteiger partial charge in [-0.05, 0) is 29.7 Å². The Balaban J connectivity index is 1.63. The molecule has 0 spiro atoms. The molecule has 0 aliphatic carbocycles. The number of hydrogen-bond acceptors (Lipinski definition) is 7. The van der Waals surface area contributed by atoms with E-state index in [1.165, 1.54) is 11.0 Å². The average molecular weight is 319 g/mol. The van der Waals surface area contributed by atoms with Crippen LogP contribution < -0.4 is 0 Å². The van der Waals surface area contributed by atoms with Crippen LogP contribution in [0, 0.1) is 0 Å². The van der Waals surface area contributed by atoms with Gasteiger partial charge < -0.3 is 9.42 Å². The van der Waals surface area contributed by atoms with Gasteiger partial charge in [-0.15, -0.1) is 5.10 Å². The number of hydrogen-bond donors (Lipinski definition) is 0. The van der Waals surface area contributed by atoms with Gasteiger partial charge in [-0.25, -0.2) is 4.68 Å². The largest absolute Gasteiger partial charge is 0.340 e. The van der Waals surface area contributed by atoms with Crippen LogP contribution in [0.1, 0.15) is 56.7 Å². The summed E-state index contributed by atoms with van der Waals surface area (Å²) in [4.78, 5) is 18.7. The Bertz CT molecular complexity index is 639. The molecule has 3 heterocycles. The molecule has 1 aliphatic heterocycles. The molecule has 0 radical (unpaired) electrons. The van der Waals surface area contributed by atoms with Crippen molar-refractivity contribution in [2.75, 3.05) is 13.1 Å². The van der Waals surface area contributed by atoms with Gasteiger partial charge in [0.05, 0.1) is 5.92 Å². The highest BCUT2D eigenvalue weighted by Crippen LogP contribution is 2.27. The zero-order chi connectivity index (χ0) is 16.2. The van der Waals surface area contributed by atoms with Crippen LogP contribution in [0.15, 0.2) is 10.9 Å². The molecule has 1 amide bonds. The Labute approximate surface area is 134 Å². The number of nitrogens with zero attached hydrogens (tertiary/aromatic N) is 7. The molecule has 3 rings (SSSR count). The first-order chi connectivity index (χ1) is 11.2. The SMILES string of the molecule is CC[C@H](C)c1noc([C@H]2CCCN(C(=O)Cn3cnnn3)C2)n1. The van der Waals surface area contributed by atoms with Crippen molar-refractivity contribution in [1.82, 2.24) is 35.2 Å². The van der Waals surface area contributed by atoms with Crippen molar-refractivity contribution in [1.29, 1.82) is 0 Å².